The van der Waals surface area contributed by atoms with Gasteiger partial charge in [-0.3, -0.25) is 4.79 Å². The van der Waals surface area contributed by atoms with E-state index in [-0.39, 0.29) is 5.97 Å². The highest BCUT2D eigenvalue weighted by molar-refractivity contribution is 14.1. The molecular formula is C20H30I3NO2. The maximum Gasteiger partial charge on any atom is 0.305 e. The predicted molar refractivity (Wildman–Crippen MR) is 136 cm³/mol. The number of ether oxygens (including phenoxy) is 1. The van der Waals surface area contributed by atoms with Gasteiger partial charge in [0, 0.05) is 17.1 Å². The molecule has 0 fully saturated rings. The van der Waals surface area contributed by atoms with Crippen LogP contribution in [0, 0.1) is 10.7 Å². The van der Waals surface area contributed by atoms with Gasteiger partial charge < -0.3 is 10.5 Å². The summed E-state index contributed by atoms with van der Waals surface area (Å²) in [5.41, 5.74) is 8.52. The minimum absolute atomic E-state index is 0.0493. The van der Waals surface area contributed by atoms with Gasteiger partial charge >= 0.3 is 5.97 Å². The molecule has 6 heteroatoms. The van der Waals surface area contributed by atoms with Crippen LogP contribution in [0.3, 0.4) is 0 Å². The van der Waals surface area contributed by atoms with Gasteiger partial charge in [0.05, 0.1) is 12.3 Å². The lowest BCUT2D eigenvalue weighted by molar-refractivity contribution is -0.143. The topological polar surface area (TPSA) is 52.3 Å². The third-order valence-electron chi connectivity index (χ3n) is 4.41. The van der Waals surface area contributed by atoms with E-state index in [0.29, 0.717) is 13.0 Å². The second-order valence-corrected chi connectivity index (χ2v) is 9.94. The van der Waals surface area contributed by atoms with Gasteiger partial charge in [0.1, 0.15) is 0 Å². The molecule has 1 aromatic carbocycles. The first kappa shape index (κ1) is 24.7. The number of esters is 1. The molecule has 0 spiro atoms. The van der Waals surface area contributed by atoms with Crippen molar-refractivity contribution in [1.29, 1.82) is 0 Å². The van der Waals surface area contributed by atoms with Crippen molar-refractivity contribution in [1.82, 2.24) is 0 Å². The normalized spacial score (nSPS) is 10.9. The summed E-state index contributed by atoms with van der Waals surface area (Å²) in [6, 6.07) is 2.19. The van der Waals surface area contributed by atoms with Gasteiger partial charge in [0.25, 0.3) is 0 Å². The Morgan fingerprint density at radius 1 is 0.923 bits per heavy atom. The van der Waals surface area contributed by atoms with Crippen LogP contribution in [-0.4, -0.2) is 12.6 Å². The van der Waals surface area contributed by atoms with Crippen molar-refractivity contribution in [3.8, 4) is 0 Å². The number of hydrogen-bond acceptors (Lipinski definition) is 3. The lowest BCUT2D eigenvalue weighted by atomic mass is 10.0. The molecule has 0 aliphatic heterocycles. The Hall–Kier alpha value is 0.680. The average Bonchev–Trinajstić information content (AvgIpc) is 2.60. The zero-order valence-corrected chi connectivity index (χ0v) is 22.1. The van der Waals surface area contributed by atoms with Gasteiger partial charge in [0.15, 0.2) is 0 Å². The maximum absolute atomic E-state index is 11.2. The first-order valence-corrected chi connectivity index (χ1v) is 12.8. The van der Waals surface area contributed by atoms with Crippen LogP contribution in [0.5, 0.6) is 0 Å². The first-order valence-electron chi connectivity index (χ1n) is 9.54. The highest BCUT2D eigenvalue weighted by atomic mass is 127. The van der Waals surface area contributed by atoms with Gasteiger partial charge in [-0.25, -0.2) is 0 Å². The lowest BCUT2D eigenvalue weighted by Gasteiger charge is -2.11. The van der Waals surface area contributed by atoms with Crippen molar-refractivity contribution in [3.63, 3.8) is 0 Å². The third kappa shape index (κ3) is 9.75. The molecule has 0 aliphatic carbocycles. The van der Waals surface area contributed by atoms with Crippen molar-refractivity contribution in [2.45, 2.75) is 77.6 Å². The average molecular weight is 697 g/mol. The van der Waals surface area contributed by atoms with E-state index in [0.717, 1.165) is 28.5 Å². The number of hydrogen-bond donors (Lipinski definition) is 1. The van der Waals surface area contributed by atoms with E-state index in [4.69, 9.17) is 10.5 Å². The Kier molecular flexibility index (Phi) is 13.9. The molecule has 0 atom stereocenters. The van der Waals surface area contributed by atoms with Crippen LogP contribution in [0.4, 0.5) is 5.69 Å². The van der Waals surface area contributed by atoms with Crippen molar-refractivity contribution < 1.29 is 9.53 Å². The quantitative estimate of drug-likeness (QED) is 0.104. The summed E-state index contributed by atoms with van der Waals surface area (Å²) in [5, 5.41) is 0. The zero-order valence-electron chi connectivity index (χ0n) is 15.6. The minimum Gasteiger partial charge on any atom is -0.466 e. The van der Waals surface area contributed by atoms with E-state index < -0.39 is 0 Å². The van der Waals surface area contributed by atoms with Gasteiger partial charge in [-0.2, -0.15) is 0 Å². The lowest BCUT2D eigenvalue weighted by Crippen LogP contribution is -2.03. The Balaban J connectivity index is 2.04. The molecule has 1 aromatic rings. The van der Waals surface area contributed by atoms with Crippen LogP contribution < -0.4 is 5.73 Å². The van der Waals surface area contributed by atoms with Gasteiger partial charge in [-0.1, -0.05) is 44.9 Å². The molecule has 0 heterocycles. The standard InChI is InChI=1S/C20H30I3NO2/c1-2-26-18(25)13-11-9-7-5-3-4-6-8-10-12-15-16(21)14-17(22)20(24)19(15)23/h14H,2-13,24H2,1H3. The van der Waals surface area contributed by atoms with Crippen molar-refractivity contribution in [3.05, 3.63) is 22.3 Å². The Bertz CT molecular complexity index is 564. The fourth-order valence-corrected chi connectivity index (χ4v) is 6.83. The second-order valence-electron chi connectivity index (χ2n) is 6.53. The fraction of sp³-hybridized carbons (Fsp3) is 0.650. The SMILES string of the molecule is CCOC(=O)CCCCCCCCCCCc1c(I)cc(I)c(N)c1I. The summed E-state index contributed by atoms with van der Waals surface area (Å²) < 4.78 is 8.67. The van der Waals surface area contributed by atoms with Crippen LogP contribution >= 0.6 is 67.8 Å². The van der Waals surface area contributed by atoms with E-state index in [1.807, 2.05) is 6.92 Å². The molecule has 1 rings (SSSR count). The van der Waals surface area contributed by atoms with Crippen molar-refractivity contribution >= 4 is 79.4 Å². The number of nitrogen functional groups attached to an aromatic ring is 1. The smallest absolute Gasteiger partial charge is 0.305 e. The van der Waals surface area contributed by atoms with E-state index >= 15 is 0 Å². The number of carbonyl (C=O) groups is 1. The molecule has 0 aliphatic rings. The summed E-state index contributed by atoms with van der Waals surface area (Å²) in [4.78, 5) is 11.2. The summed E-state index contributed by atoms with van der Waals surface area (Å²) in [7, 11) is 0. The molecule has 3 nitrogen and oxygen atoms in total. The van der Waals surface area contributed by atoms with Crippen LogP contribution in [-0.2, 0) is 16.0 Å². The maximum atomic E-state index is 11.2. The van der Waals surface area contributed by atoms with Crippen LogP contribution in [0.2, 0.25) is 0 Å². The Morgan fingerprint density at radius 3 is 2.04 bits per heavy atom. The number of rotatable bonds is 13. The molecule has 0 bridgehead atoms. The summed E-state index contributed by atoms with van der Waals surface area (Å²) >= 11 is 7.14. The number of benzene rings is 1. The molecule has 0 saturated carbocycles. The molecule has 0 aromatic heterocycles. The number of halogens is 3. The summed E-state index contributed by atoms with van der Waals surface area (Å²) in [6.45, 7) is 2.35. The summed E-state index contributed by atoms with van der Waals surface area (Å²) in [5.74, 6) is -0.0493. The highest BCUT2D eigenvalue weighted by Crippen LogP contribution is 2.30. The van der Waals surface area contributed by atoms with Crippen molar-refractivity contribution in [2.75, 3.05) is 12.3 Å². The zero-order chi connectivity index (χ0) is 19.4. The Morgan fingerprint density at radius 2 is 1.46 bits per heavy atom. The first-order chi connectivity index (χ1) is 12.5. The largest absolute Gasteiger partial charge is 0.466 e. The Labute approximate surface area is 199 Å². The van der Waals surface area contributed by atoms with Crippen LogP contribution in [0.25, 0.3) is 0 Å². The molecule has 26 heavy (non-hydrogen) atoms. The van der Waals surface area contributed by atoms with E-state index in [2.05, 4.69) is 73.8 Å². The minimum atomic E-state index is -0.0493. The van der Waals surface area contributed by atoms with Crippen LogP contribution in [0.15, 0.2) is 6.07 Å². The number of carbonyl (C=O) groups excluding carboxylic acids is 1. The molecule has 0 saturated heterocycles. The highest BCUT2D eigenvalue weighted by Gasteiger charge is 2.11. The molecule has 0 radical (unpaired) electrons. The molecular weight excluding hydrogens is 667 g/mol. The molecule has 148 valence electrons. The third-order valence-corrected chi connectivity index (χ3v) is 7.50. The van der Waals surface area contributed by atoms with E-state index in [1.165, 1.54) is 57.6 Å². The molecule has 0 unspecified atom stereocenters. The van der Waals surface area contributed by atoms with Crippen LogP contribution in [0.1, 0.15) is 76.7 Å². The van der Waals surface area contributed by atoms with E-state index in [1.54, 1.807) is 0 Å². The number of anilines is 1. The van der Waals surface area contributed by atoms with E-state index in [9.17, 15) is 4.79 Å². The van der Waals surface area contributed by atoms with Gasteiger partial charge in [-0.05, 0) is 106 Å². The summed E-state index contributed by atoms with van der Waals surface area (Å²) in [6.07, 6.45) is 12.8. The molecule has 2 N–H and O–H groups in total. The number of unbranched alkanes of at least 4 members (excludes halogenated alkanes) is 8. The predicted octanol–water partition coefficient (Wildman–Crippen LogP) is 7.09. The van der Waals surface area contributed by atoms with Gasteiger partial charge in [0.2, 0.25) is 0 Å². The molecule has 0 amide bonds. The fourth-order valence-electron chi connectivity index (χ4n) is 2.92. The van der Waals surface area contributed by atoms with Crippen molar-refractivity contribution in [2.24, 2.45) is 0 Å². The number of nitrogens with two attached hydrogens (primary N) is 1. The monoisotopic (exact) mass is 697 g/mol. The van der Waals surface area contributed by atoms with Gasteiger partial charge in [-0.15, -0.1) is 0 Å². The second kappa shape index (κ2) is 14.6.